The van der Waals surface area contributed by atoms with Gasteiger partial charge in [0, 0.05) is 5.92 Å². The van der Waals surface area contributed by atoms with Crippen LogP contribution in [0.3, 0.4) is 0 Å². The van der Waals surface area contributed by atoms with E-state index < -0.39 is 0 Å². The molecule has 3 N–H and O–H groups in total. The zero-order chi connectivity index (χ0) is 10.7. The van der Waals surface area contributed by atoms with Crippen molar-refractivity contribution in [2.75, 3.05) is 0 Å². The number of hydrogen-bond donors (Lipinski definition) is 2. The van der Waals surface area contributed by atoms with Crippen molar-refractivity contribution in [3.05, 3.63) is 29.8 Å². The fraction of sp³-hybridized carbons (Fsp3) is 0.364. The van der Waals surface area contributed by atoms with E-state index in [1.807, 2.05) is 19.1 Å². The first-order valence-electron chi connectivity index (χ1n) is 4.60. The predicted octanol–water partition coefficient (Wildman–Crippen LogP) is 2.42. The van der Waals surface area contributed by atoms with E-state index in [0.29, 0.717) is 4.99 Å². The minimum Gasteiger partial charge on any atom is -0.508 e. The molecule has 2 unspecified atom stereocenters. The molecule has 0 saturated heterocycles. The average molecular weight is 209 g/mol. The summed E-state index contributed by atoms with van der Waals surface area (Å²) >= 11 is 4.95. The zero-order valence-corrected chi connectivity index (χ0v) is 9.21. The lowest BCUT2D eigenvalue weighted by molar-refractivity contribution is 0.474. The minimum atomic E-state index is 0.176. The third kappa shape index (κ3) is 2.45. The number of aromatic hydroxyl groups is 1. The van der Waals surface area contributed by atoms with Crippen LogP contribution in [-0.4, -0.2) is 10.1 Å². The fourth-order valence-corrected chi connectivity index (χ4v) is 1.52. The highest BCUT2D eigenvalue weighted by Gasteiger charge is 2.16. The van der Waals surface area contributed by atoms with Crippen LogP contribution in [0.4, 0.5) is 0 Å². The Morgan fingerprint density at radius 3 is 2.21 bits per heavy atom. The van der Waals surface area contributed by atoms with Crippen LogP contribution < -0.4 is 5.73 Å². The number of thiocarbonyl (C=S) groups is 1. The Kier molecular flexibility index (Phi) is 3.47. The summed E-state index contributed by atoms with van der Waals surface area (Å²) in [5, 5.41) is 9.14. The van der Waals surface area contributed by atoms with Crippen LogP contribution in [0.25, 0.3) is 0 Å². The van der Waals surface area contributed by atoms with Gasteiger partial charge in [-0.15, -0.1) is 0 Å². The molecule has 1 rings (SSSR count). The zero-order valence-electron chi connectivity index (χ0n) is 8.40. The molecule has 0 aromatic heterocycles. The molecule has 0 amide bonds. The molecule has 0 bridgehead atoms. The van der Waals surface area contributed by atoms with E-state index in [1.165, 1.54) is 0 Å². The van der Waals surface area contributed by atoms with Gasteiger partial charge in [0.2, 0.25) is 0 Å². The minimum absolute atomic E-state index is 0.176. The molecule has 0 fully saturated rings. The molecule has 0 heterocycles. The lowest BCUT2D eigenvalue weighted by atomic mass is 9.89. The Balaban J connectivity index is 2.84. The van der Waals surface area contributed by atoms with E-state index in [2.05, 4.69) is 6.92 Å². The van der Waals surface area contributed by atoms with E-state index in [4.69, 9.17) is 23.1 Å². The summed E-state index contributed by atoms with van der Waals surface area (Å²) in [6.07, 6.45) is 0. The normalized spacial score (nSPS) is 14.7. The van der Waals surface area contributed by atoms with Gasteiger partial charge in [-0.2, -0.15) is 0 Å². The highest BCUT2D eigenvalue weighted by atomic mass is 32.1. The number of phenolic OH excluding ortho intramolecular Hbond substituents is 1. The van der Waals surface area contributed by atoms with Gasteiger partial charge in [-0.05, 0) is 23.6 Å². The lowest BCUT2D eigenvalue weighted by Crippen LogP contribution is -2.23. The van der Waals surface area contributed by atoms with Gasteiger partial charge in [-0.3, -0.25) is 0 Å². The SMILES string of the molecule is CC(C(N)=S)C(C)c1ccc(O)cc1. The van der Waals surface area contributed by atoms with Crippen LogP contribution in [0.15, 0.2) is 24.3 Å². The van der Waals surface area contributed by atoms with Gasteiger partial charge in [0.1, 0.15) is 5.75 Å². The second-order valence-electron chi connectivity index (χ2n) is 3.57. The second kappa shape index (κ2) is 4.42. The van der Waals surface area contributed by atoms with Gasteiger partial charge in [0.15, 0.2) is 0 Å². The van der Waals surface area contributed by atoms with Gasteiger partial charge < -0.3 is 10.8 Å². The van der Waals surface area contributed by atoms with Crippen molar-refractivity contribution >= 4 is 17.2 Å². The topological polar surface area (TPSA) is 46.2 Å². The summed E-state index contributed by atoms with van der Waals surface area (Å²) in [7, 11) is 0. The molecule has 76 valence electrons. The molecule has 2 nitrogen and oxygen atoms in total. The third-order valence-electron chi connectivity index (χ3n) is 2.62. The van der Waals surface area contributed by atoms with Crippen molar-refractivity contribution in [2.45, 2.75) is 19.8 Å². The Morgan fingerprint density at radius 2 is 1.79 bits per heavy atom. The quantitative estimate of drug-likeness (QED) is 0.751. The van der Waals surface area contributed by atoms with Crippen LogP contribution in [-0.2, 0) is 0 Å². The van der Waals surface area contributed by atoms with Crippen LogP contribution in [0.1, 0.15) is 25.3 Å². The molecule has 0 aliphatic heterocycles. The van der Waals surface area contributed by atoms with E-state index in [1.54, 1.807) is 12.1 Å². The molecule has 1 aromatic carbocycles. The van der Waals surface area contributed by atoms with Crippen LogP contribution in [0, 0.1) is 5.92 Å². The third-order valence-corrected chi connectivity index (χ3v) is 2.99. The molecule has 0 aliphatic rings. The van der Waals surface area contributed by atoms with Crippen LogP contribution >= 0.6 is 12.2 Å². The molecule has 0 radical (unpaired) electrons. The number of phenols is 1. The summed E-state index contributed by atoms with van der Waals surface area (Å²) in [5.74, 6) is 0.742. The second-order valence-corrected chi connectivity index (χ2v) is 4.04. The maximum Gasteiger partial charge on any atom is 0.115 e. The fourth-order valence-electron chi connectivity index (χ4n) is 1.31. The van der Waals surface area contributed by atoms with E-state index in [-0.39, 0.29) is 17.6 Å². The largest absolute Gasteiger partial charge is 0.508 e. The first-order chi connectivity index (χ1) is 6.52. The van der Waals surface area contributed by atoms with Crippen molar-refractivity contribution in [1.29, 1.82) is 0 Å². The molecular formula is C11H15NOS. The van der Waals surface area contributed by atoms with E-state index >= 15 is 0 Å². The highest BCUT2D eigenvalue weighted by Crippen LogP contribution is 2.25. The summed E-state index contributed by atoms with van der Waals surface area (Å²) in [4.78, 5) is 0.533. The molecule has 3 heteroatoms. The summed E-state index contributed by atoms with van der Waals surface area (Å²) < 4.78 is 0. The number of benzene rings is 1. The summed E-state index contributed by atoms with van der Waals surface area (Å²) in [6.45, 7) is 4.09. The first kappa shape index (κ1) is 11.0. The Bertz CT molecular complexity index is 321. The monoisotopic (exact) mass is 209 g/mol. The summed E-state index contributed by atoms with van der Waals surface area (Å²) in [6, 6.07) is 7.15. The standard InChI is InChI=1S/C11H15NOS/c1-7(8(2)11(12)14)9-3-5-10(13)6-4-9/h3-8,13H,1-2H3,(H2,12,14). The van der Waals surface area contributed by atoms with Gasteiger partial charge >= 0.3 is 0 Å². The van der Waals surface area contributed by atoms with Gasteiger partial charge in [-0.1, -0.05) is 38.2 Å². The van der Waals surface area contributed by atoms with Crippen LogP contribution in [0.5, 0.6) is 5.75 Å². The first-order valence-corrected chi connectivity index (χ1v) is 5.01. The van der Waals surface area contributed by atoms with Crippen molar-refractivity contribution in [3.63, 3.8) is 0 Å². The van der Waals surface area contributed by atoms with E-state index in [9.17, 15) is 0 Å². The smallest absolute Gasteiger partial charge is 0.115 e. The molecule has 2 atom stereocenters. The Morgan fingerprint density at radius 1 is 1.29 bits per heavy atom. The molecule has 0 aliphatic carbocycles. The molecular weight excluding hydrogens is 194 g/mol. The van der Waals surface area contributed by atoms with Gasteiger partial charge in [-0.25, -0.2) is 0 Å². The van der Waals surface area contributed by atoms with Gasteiger partial charge in [0.25, 0.3) is 0 Å². The van der Waals surface area contributed by atoms with Crippen molar-refractivity contribution in [3.8, 4) is 5.75 Å². The van der Waals surface area contributed by atoms with Gasteiger partial charge in [0.05, 0.1) is 4.99 Å². The number of hydrogen-bond acceptors (Lipinski definition) is 2. The highest BCUT2D eigenvalue weighted by molar-refractivity contribution is 7.80. The molecule has 14 heavy (non-hydrogen) atoms. The number of nitrogens with two attached hydrogens (primary N) is 1. The van der Waals surface area contributed by atoms with Crippen molar-refractivity contribution in [2.24, 2.45) is 11.7 Å². The molecule has 0 spiro atoms. The molecule has 1 aromatic rings. The number of rotatable bonds is 3. The summed E-state index contributed by atoms with van der Waals surface area (Å²) in [5.41, 5.74) is 6.73. The average Bonchev–Trinajstić information content (AvgIpc) is 2.16. The molecule has 0 saturated carbocycles. The maximum absolute atomic E-state index is 9.14. The predicted molar refractivity (Wildman–Crippen MR) is 62.5 cm³/mol. The van der Waals surface area contributed by atoms with E-state index in [0.717, 1.165) is 5.56 Å². The maximum atomic E-state index is 9.14. The van der Waals surface area contributed by atoms with Crippen molar-refractivity contribution in [1.82, 2.24) is 0 Å². The Hall–Kier alpha value is -1.09. The Labute approximate surface area is 89.7 Å². The van der Waals surface area contributed by atoms with Crippen LogP contribution in [0.2, 0.25) is 0 Å². The lowest BCUT2D eigenvalue weighted by Gasteiger charge is -2.18. The van der Waals surface area contributed by atoms with Crippen molar-refractivity contribution < 1.29 is 5.11 Å².